The van der Waals surface area contributed by atoms with Crippen molar-refractivity contribution in [1.82, 2.24) is 4.90 Å². The average molecular weight is 301 g/mol. The number of carbonyl (C=O) groups excluding carboxylic acids is 3. The normalized spacial score (nSPS) is 13.2. The first-order valence-corrected chi connectivity index (χ1v) is 7.39. The molecule has 22 heavy (non-hydrogen) atoms. The van der Waals surface area contributed by atoms with Crippen molar-refractivity contribution in [2.75, 3.05) is 13.2 Å². The third-order valence-electron chi connectivity index (χ3n) is 3.57. The van der Waals surface area contributed by atoms with Crippen molar-refractivity contribution in [1.29, 1.82) is 0 Å². The van der Waals surface area contributed by atoms with Gasteiger partial charge in [0.25, 0.3) is 11.8 Å². The first kappa shape index (κ1) is 15.9. The van der Waals surface area contributed by atoms with E-state index in [0.29, 0.717) is 24.3 Å². The van der Waals surface area contributed by atoms with Crippen molar-refractivity contribution in [3.63, 3.8) is 0 Å². The third kappa shape index (κ3) is 3.61. The van der Waals surface area contributed by atoms with Gasteiger partial charge in [-0.3, -0.25) is 14.5 Å². The lowest BCUT2D eigenvalue weighted by Gasteiger charge is -2.13. The van der Waals surface area contributed by atoms with Gasteiger partial charge in [-0.15, -0.1) is 0 Å². The van der Waals surface area contributed by atoms with Gasteiger partial charge >= 0.3 is 5.97 Å². The smallest absolute Gasteiger partial charge is 0.330 e. The van der Waals surface area contributed by atoms with Gasteiger partial charge in [0.05, 0.1) is 17.7 Å². The van der Waals surface area contributed by atoms with Crippen LogP contribution in [0.1, 0.15) is 46.4 Å². The molecular formula is C17H19NO4. The van der Waals surface area contributed by atoms with Crippen LogP contribution in [0.5, 0.6) is 0 Å². The molecule has 0 unspecified atom stereocenters. The largest absolute Gasteiger partial charge is 0.463 e. The Bertz CT molecular complexity index is 559. The molecule has 5 nitrogen and oxygen atoms in total. The zero-order chi connectivity index (χ0) is 15.9. The predicted molar refractivity (Wildman–Crippen MR) is 81.4 cm³/mol. The summed E-state index contributed by atoms with van der Waals surface area (Å²) in [6.07, 6.45) is 4.41. The number of amides is 2. The number of unbranched alkanes of at least 4 members (excludes halogenated alkanes) is 3. The summed E-state index contributed by atoms with van der Waals surface area (Å²) in [6.45, 7) is 4.12. The van der Waals surface area contributed by atoms with Gasteiger partial charge in [0.1, 0.15) is 0 Å². The molecule has 0 bridgehead atoms. The van der Waals surface area contributed by atoms with Crippen LogP contribution in [0, 0.1) is 0 Å². The van der Waals surface area contributed by atoms with Gasteiger partial charge in [0.2, 0.25) is 0 Å². The molecule has 0 aromatic heterocycles. The molecule has 0 atom stereocenters. The number of hydrogen-bond donors (Lipinski definition) is 0. The second kappa shape index (κ2) is 7.54. The Morgan fingerprint density at radius 2 is 1.64 bits per heavy atom. The molecule has 0 aliphatic carbocycles. The van der Waals surface area contributed by atoms with E-state index in [1.54, 1.807) is 24.3 Å². The maximum atomic E-state index is 12.1. The van der Waals surface area contributed by atoms with E-state index in [9.17, 15) is 14.4 Å². The summed E-state index contributed by atoms with van der Waals surface area (Å²) in [5.41, 5.74) is 0.979. The number of imide groups is 1. The summed E-state index contributed by atoms with van der Waals surface area (Å²) in [5, 5.41) is 0. The van der Waals surface area contributed by atoms with E-state index in [1.807, 2.05) is 0 Å². The summed E-state index contributed by atoms with van der Waals surface area (Å²) < 4.78 is 4.87. The van der Waals surface area contributed by atoms with Gasteiger partial charge in [-0.1, -0.05) is 25.1 Å². The first-order chi connectivity index (χ1) is 10.6. The molecule has 2 amide bonds. The van der Waals surface area contributed by atoms with Gasteiger partial charge in [-0.05, 0) is 31.4 Å². The molecule has 0 spiro atoms. The van der Waals surface area contributed by atoms with Crippen molar-refractivity contribution in [2.24, 2.45) is 0 Å². The highest BCUT2D eigenvalue weighted by molar-refractivity contribution is 6.21. The Morgan fingerprint density at radius 3 is 2.23 bits per heavy atom. The molecule has 0 saturated carbocycles. The summed E-state index contributed by atoms with van der Waals surface area (Å²) in [5.74, 6) is -0.827. The fourth-order valence-corrected chi connectivity index (χ4v) is 2.40. The third-order valence-corrected chi connectivity index (χ3v) is 3.57. The van der Waals surface area contributed by atoms with Crippen LogP contribution in [0.15, 0.2) is 36.9 Å². The maximum Gasteiger partial charge on any atom is 0.330 e. The van der Waals surface area contributed by atoms with Crippen LogP contribution in [0.4, 0.5) is 0 Å². The van der Waals surface area contributed by atoms with E-state index in [0.717, 1.165) is 31.8 Å². The van der Waals surface area contributed by atoms with Crippen molar-refractivity contribution < 1.29 is 19.1 Å². The van der Waals surface area contributed by atoms with Crippen molar-refractivity contribution in [2.45, 2.75) is 25.7 Å². The van der Waals surface area contributed by atoms with Gasteiger partial charge < -0.3 is 4.74 Å². The number of rotatable bonds is 8. The van der Waals surface area contributed by atoms with Crippen molar-refractivity contribution >= 4 is 17.8 Å². The maximum absolute atomic E-state index is 12.1. The standard InChI is InChI=1S/C17H19NO4/c1-2-15(19)22-12-8-4-3-7-11-18-16(20)13-9-5-6-10-14(13)17(18)21/h2,5-6,9-10H,1,3-4,7-8,11-12H2. The van der Waals surface area contributed by atoms with Crippen LogP contribution in [-0.4, -0.2) is 35.8 Å². The number of benzene rings is 1. The van der Waals surface area contributed by atoms with E-state index < -0.39 is 5.97 Å². The molecule has 0 saturated heterocycles. The Morgan fingerprint density at radius 1 is 1.05 bits per heavy atom. The highest BCUT2D eigenvalue weighted by Gasteiger charge is 2.34. The monoisotopic (exact) mass is 301 g/mol. The lowest BCUT2D eigenvalue weighted by Crippen LogP contribution is -2.30. The second-order valence-corrected chi connectivity index (χ2v) is 5.09. The van der Waals surface area contributed by atoms with Crippen LogP contribution < -0.4 is 0 Å². The van der Waals surface area contributed by atoms with Crippen molar-refractivity contribution in [3.05, 3.63) is 48.0 Å². The van der Waals surface area contributed by atoms with Crippen LogP contribution in [-0.2, 0) is 9.53 Å². The number of fused-ring (bicyclic) bond motifs is 1. The Hall–Kier alpha value is -2.43. The van der Waals surface area contributed by atoms with Crippen LogP contribution in [0.2, 0.25) is 0 Å². The van der Waals surface area contributed by atoms with Gasteiger partial charge in [0, 0.05) is 12.6 Å². The quantitative estimate of drug-likeness (QED) is 0.320. The molecule has 0 N–H and O–H groups in total. The summed E-state index contributed by atoms with van der Waals surface area (Å²) in [4.78, 5) is 36.4. The summed E-state index contributed by atoms with van der Waals surface area (Å²) in [7, 11) is 0. The van der Waals surface area contributed by atoms with Gasteiger partial charge in [0.15, 0.2) is 0 Å². The molecule has 2 rings (SSSR count). The molecule has 0 fully saturated rings. The predicted octanol–water partition coefficient (Wildman–Crippen LogP) is 2.57. The van der Waals surface area contributed by atoms with Crippen LogP contribution >= 0.6 is 0 Å². The fraction of sp³-hybridized carbons (Fsp3) is 0.353. The van der Waals surface area contributed by atoms with E-state index in [2.05, 4.69) is 6.58 Å². The van der Waals surface area contributed by atoms with E-state index in [1.165, 1.54) is 4.90 Å². The van der Waals surface area contributed by atoms with E-state index in [-0.39, 0.29) is 11.8 Å². The number of ether oxygens (including phenoxy) is 1. The molecule has 1 heterocycles. The molecule has 1 aliphatic rings. The van der Waals surface area contributed by atoms with E-state index in [4.69, 9.17) is 4.74 Å². The van der Waals surface area contributed by atoms with E-state index >= 15 is 0 Å². The molecule has 5 heteroatoms. The number of nitrogens with zero attached hydrogens (tertiary/aromatic N) is 1. The molecule has 1 aromatic carbocycles. The topological polar surface area (TPSA) is 63.7 Å². The van der Waals surface area contributed by atoms with Gasteiger partial charge in [-0.25, -0.2) is 4.79 Å². The fourth-order valence-electron chi connectivity index (χ4n) is 2.40. The molecule has 0 radical (unpaired) electrons. The Labute approximate surface area is 129 Å². The van der Waals surface area contributed by atoms with Crippen LogP contribution in [0.3, 0.4) is 0 Å². The molecule has 116 valence electrons. The van der Waals surface area contributed by atoms with Gasteiger partial charge in [-0.2, -0.15) is 0 Å². The first-order valence-electron chi connectivity index (χ1n) is 7.39. The summed E-state index contributed by atoms with van der Waals surface area (Å²) >= 11 is 0. The Kier molecular flexibility index (Phi) is 5.47. The highest BCUT2D eigenvalue weighted by Crippen LogP contribution is 2.22. The van der Waals surface area contributed by atoms with Crippen LogP contribution in [0.25, 0.3) is 0 Å². The molecule has 1 aliphatic heterocycles. The Balaban J connectivity index is 1.69. The minimum absolute atomic E-state index is 0.208. The number of hydrogen-bond acceptors (Lipinski definition) is 4. The number of carbonyl (C=O) groups is 3. The SMILES string of the molecule is C=CC(=O)OCCCCCCN1C(=O)c2ccccc2C1=O. The summed E-state index contributed by atoms with van der Waals surface area (Å²) in [6, 6.07) is 6.89. The zero-order valence-electron chi connectivity index (χ0n) is 12.4. The highest BCUT2D eigenvalue weighted by atomic mass is 16.5. The minimum atomic E-state index is -0.411. The van der Waals surface area contributed by atoms with Crippen molar-refractivity contribution in [3.8, 4) is 0 Å². The average Bonchev–Trinajstić information content (AvgIpc) is 2.78. The number of esters is 1. The minimum Gasteiger partial charge on any atom is -0.463 e. The second-order valence-electron chi connectivity index (χ2n) is 5.09. The lowest BCUT2D eigenvalue weighted by molar-refractivity contribution is -0.137. The molecular weight excluding hydrogens is 282 g/mol. The lowest BCUT2D eigenvalue weighted by atomic mass is 10.1. The zero-order valence-corrected chi connectivity index (χ0v) is 12.4. The molecule has 1 aromatic rings.